The van der Waals surface area contributed by atoms with E-state index in [-0.39, 0.29) is 11.9 Å². The standard InChI is InChI=1S/C18H21N5OS/c1-3-23-14-7-5-4-6-13(14)16-17(23)20-18(22-21-16)25-10-15(24)19-11(2)12-8-9-12/h4-7,11-12H,3,8-10H2,1-2H3,(H,19,24)/t11-/m1/s1. The lowest BCUT2D eigenvalue weighted by atomic mass is 10.2. The van der Waals surface area contributed by atoms with Gasteiger partial charge in [-0.15, -0.1) is 10.2 Å². The summed E-state index contributed by atoms with van der Waals surface area (Å²) >= 11 is 1.34. The minimum atomic E-state index is 0.0316. The highest BCUT2D eigenvalue weighted by atomic mass is 32.2. The van der Waals surface area contributed by atoms with E-state index in [0.29, 0.717) is 16.8 Å². The van der Waals surface area contributed by atoms with E-state index in [9.17, 15) is 4.79 Å². The van der Waals surface area contributed by atoms with E-state index in [0.717, 1.165) is 28.6 Å². The molecule has 1 aliphatic rings. The molecule has 3 aromatic rings. The first kappa shape index (κ1) is 16.3. The largest absolute Gasteiger partial charge is 0.353 e. The van der Waals surface area contributed by atoms with E-state index in [1.54, 1.807) is 0 Å². The number of hydrogen-bond donors (Lipinski definition) is 1. The minimum absolute atomic E-state index is 0.0316. The second kappa shape index (κ2) is 6.63. The highest BCUT2D eigenvalue weighted by Gasteiger charge is 2.28. The Hall–Kier alpha value is -2.15. The molecule has 4 rings (SSSR count). The number of benzene rings is 1. The number of amides is 1. The first-order valence-corrected chi connectivity index (χ1v) is 9.69. The molecule has 130 valence electrons. The average Bonchev–Trinajstić information content (AvgIpc) is 3.42. The normalized spacial score (nSPS) is 15.6. The van der Waals surface area contributed by atoms with Gasteiger partial charge in [0.15, 0.2) is 5.65 Å². The van der Waals surface area contributed by atoms with Crippen molar-refractivity contribution in [2.75, 3.05) is 5.75 Å². The van der Waals surface area contributed by atoms with Gasteiger partial charge in [0, 0.05) is 18.0 Å². The number of nitrogens with zero attached hydrogens (tertiary/aromatic N) is 4. The van der Waals surface area contributed by atoms with Crippen molar-refractivity contribution in [3.05, 3.63) is 24.3 Å². The van der Waals surface area contributed by atoms with Gasteiger partial charge in [0.05, 0.1) is 11.3 Å². The Morgan fingerprint density at radius 1 is 1.36 bits per heavy atom. The maximum atomic E-state index is 12.1. The van der Waals surface area contributed by atoms with Crippen molar-refractivity contribution in [3.63, 3.8) is 0 Å². The van der Waals surface area contributed by atoms with Crippen LogP contribution in [0.2, 0.25) is 0 Å². The first-order chi connectivity index (χ1) is 12.2. The van der Waals surface area contributed by atoms with E-state index < -0.39 is 0 Å². The summed E-state index contributed by atoms with van der Waals surface area (Å²) in [4.78, 5) is 16.7. The van der Waals surface area contributed by atoms with Crippen LogP contribution in [0, 0.1) is 5.92 Å². The predicted molar refractivity (Wildman–Crippen MR) is 99.6 cm³/mol. The molecule has 1 N–H and O–H groups in total. The molecule has 0 aliphatic heterocycles. The highest BCUT2D eigenvalue weighted by Crippen LogP contribution is 2.32. The number of carbonyl (C=O) groups is 1. The Labute approximate surface area is 150 Å². The van der Waals surface area contributed by atoms with Gasteiger partial charge in [0.1, 0.15) is 5.52 Å². The summed E-state index contributed by atoms with van der Waals surface area (Å²) < 4.78 is 2.14. The number of aryl methyl sites for hydroxylation is 1. The molecule has 7 heteroatoms. The maximum absolute atomic E-state index is 12.1. The zero-order chi connectivity index (χ0) is 17.4. The lowest BCUT2D eigenvalue weighted by Gasteiger charge is -2.11. The average molecular weight is 355 g/mol. The molecule has 1 aromatic carbocycles. The summed E-state index contributed by atoms with van der Waals surface area (Å²) in [6, 6.07) is 8.39. The van der Waals surface area contributed by atoms with E-state index in [1.807, 2.05) is 18.2 Å². The van der Waals surface area contributed by atoms with Crippen LogP contribution in [-0.2, 0) is 11.3 Å². The van der Waals surface area contributed by atoms with Crippen molar-refractivity contribution in [1.82, 2.24) is 25.1 Å². The van der Waals surface area contributed by atoms with Gasteiger partial charge >= 0.3 is 0 Å². The molecule has 1 aliphatic carbocycles. The number of aromatic nitrogens is 4. The Morgan fingerprint density at radius 2 is 2.16 bits per heavy atom. The Kier molecular flexibility index (Phi) is 4.33. The number of nitrogens with one attached hydrogen (secondary N) is 1. The van der Waals surface area contributed by atoms with E-state index >= 15 is 0 Å². The molecular weight excluding hydrogens is 334 g/mol. The summed E-state index contributed by atoms with van der Waals surface area (Å²) in [6.07, 6.45) is 2.44. The van der Waals surface area contributed by atoms with Gasteiger partial charge in [0.25, 0.3) is 0 Å². The third kappa shape index (κ3) is 3.20. The van der Waals surface area contributed by atoms with Crippen molar-refractivity contribution in [2.24, 2.45) is 5.92 Å². The van der Waals surface area contributed by atoms with Crippen molar-refractivity contribution >= 4 is 39.7 Å². The summed E-state index contributed by atoms with van der Waals surface area (Å²) in [6.45, 7) is 4.98. The van der Waals surface area contributed by atoms with Crippen LogP contribution in [0.5, 0.6) is 0 Å². The van der Waals surface area contributed by atoms with Gasteiger partial charge in [-0.3, -0.25) is 4.79 Å². The molecule has 2 heterocycles. The van der Waals surface area contributed by atoms with Crippen LogP contribution in [-0.4, -0.2) is 37.5 Å². The van der Waals surface area contributed by atoms with Crippen molar-refractivity contribution in [2.45, 2.75) is 44.4 Å². The number of para-hydroxylation sites is 1. The third-order valence-electron chi connectivity index (χ3n) is 4.72. The Bertz CT molecular complexity index is 934. The van der Waals surface area contributed by atoms with Crippen molar-refractivity contribution in [3.8, 4) is 0 Å². The second-order valence-corrected chi connectivity index (χ2v) is 7.45. The molecule has 0 spiro atoms. The van der Waals surface area contributed by atoms with Crippen molar-refractivity contribution < 1.29 is 4.79 Å². The lowest BCUT2D eigenvalue weighted by Crippen LogP contribution is -2.35. The van der Waals surface area contributed by atoms with Gasteiger partial charge in [-0.2, -0.15) is 0 Å². The summed E-state index contributed by atoms with van der Waals surface area (Å²) in [5.74, 6) is 1.00. The SMILES string of the molecule is CCn1c2ccccc2c2nnc(SCC(=O)N[C@H](C)C3CC3)nc21. The monoisotopic (exact) mass is 355 g/mol. The van der Waals surface area contributed by atoms with Gasteiger partial charge in [-0.25, -0.2) is 4.98 Å². The highest BCUT2D eigenvalue weighted by molar-refractivity contribution is 7.99. The van der Waals surface area contributed by atoms with E-state index in [4.69, 9.17) is 0 Å². The van der Waals surface area contributed by atoms with Gasteiger partial charge in [-0.1, -0.05) is 30.0 Å². The number of carbonyl (C=O) groups excluding carboxylic acids is 1. The number of thioether (sulfide) groups is 1. The smallest absolute Gasteiger partial charge is 0.230 e. The summed E-state index contributed by atoms with van der Waals surface area (Å²) in [5, 5.41) is 13.2. The molecular formula is C18H21N5OS. The first-order valence-electron chi connectivity index (χ1n) is 8.71. The van der Waals surface area contributed by atoms with Crippen LogP contribution in [0.15, 0.2) is 29.4 Å². The van der Waals surface area contributed by atoms with Crippen LogP contribution in [0.4, 0.5) is 0 Å². The van der Waals surface area contributed by atoms with Crippen LogP contribution >= 0.6 is 11.8 Å². The summed E-state index contributed by atoms with van der Waals surface area (Å²) in [5.41, 5.74) is 2.75. The van der Waals surface area contributed by atoms with E-state index in [1.165, 1.54) is 24.6 Å². The van der Waals surface area contributed by atoms with Gasteiger partial charge in [-0.05, 0) is 38.7 Å². The lowest BCUT2D eigenvalue weighted by molar-refractivity contribution is -0.119. The molecule has 1 atom stereocenters. The van der Waals surface area contributed by atoms with Gasteiger partial charge in [0.2, 0.25) is 11.1 Å². The fraction of sp³-hybridized carbons (Fsp3) is 0.444. The van der Waals surface area contributed by atoms with Crippen LogP contribution in [0.1, 0.15) is 26.7 Å². The third-order valence-corrected chi connectivity index (χ3v) is 5.56. The molecule has 1 fully saturated rings. The molecule has 0 radical (unpaired) electrons. The second-order valence-electron chi connectivity index (χ2n) is 6.51. The van der Waals surface area contributed by atoms with Gasteiger partial charge < -0.3 is 9.88 Å². The number of hydrogen-bond acceptors (Lipinski definition) is 5. The number of fused-ring (bicyclic) bond motifs is 3. The van der Waals surface area contributed by atoms with Crippen molar-refractivity contribution in [1.29, 1.82) is 0 Å². The predicted octanol–water partition coefficient (Wildman–Crippen LogP) is 3.01. The minimum Gasteiger partial charge on any atom is -0.353 e. The molecule has 0 saturated heterocycles. The van der Waals surface area contributed by atoms with Crippen LogP contribution in [0.3, 0.4) is 0 Å². The summed E-state index contributed by atoms with van der Waals surface area (Å²) in [7, 11) is 0. The molecule has 0 bridgehead atoms. The fourth-order valence-corrected chi connectivity index (χ4v) is 3.80. The quantitative estimate of drug-likeness (QED) is 0.688. The Morgan fingerprint density at radius 3 is 2.92 bits per heavy atom. The van der Waals surface area contributed by atoms with Crippen LogP contribution in [0.25, 0.3) is 22.1 Å². The topological polar surface area (TPSA) is 72.7 Å². The molecule has 25 heavy (non-hydrogen) atoms. The zero-order valence-corrected chi connectivity index (χ0v) is 15.2. The molecule has 1 amide bonds. The Balaban J connectivity index is 1.54. The molecule has 2 aromatic heterocycles. The zero-order valence-electron chi connectivity index (χ0n) is 14.4. The molecule has 0 unspecified atom stereocenters. The van der Waals surface area contributed by atoms with E-state index in [2.05, 4.69) is 45.0 Å². The van der Waals surface area contributed by atoms with Crippen LogP contribution < -0.4 is 5.32 Å². The molecule has 1 saturated carbocycles. The number of rotatable bonds is 6. The maximum Gasteiger partial charge on any atom is 0.230 e. The molecule has 6 nitrogen and oxygen atoms in total. The fourth-order valence-electron chi connectivity index (χ4n) is 3.21.